The van der Waals surface area contributed by atoms with Gasteiger partial charge in [-0.2, -0.15) is 0 Å². The predicted molar refractivity (Wildman–Crippen MR) is 51.8 cm³/mol. The number of carbonyl (C=O) groups excluding carboxylic acids is 1. The van der Waals surface area contributed by atoms with E-state index >= 15 is 0 Å². The number of Topliss-reactive ketones (excluding diaryl/α,β-unsaturated/α-hetero) is 1. The summed E-state index contributed by atoms with van der Waals surface area (Å²) in [5.41, 5.74) is 0. The molecule has 0 radical (unpaired) electrons. The summed E-state index contributed by atoms with van der Waals surface area (Å²) in [7, 11) is 2.10. The van der Waals surface area contributed by atoms with Crippen molar-refractivity contribution in [3.05, 3.63) is 0 Å². The molecule has 0 unspecified atom stereocenters. The Hall–Kier alpha value is -0.410. The first-order valence-corrected chi connectivity index (χ1v) is 4.97. The van der Waals surface area contributed by atoms with Crippen molar-refractivity contribution in [2.75, 3.05) is 26.8 Å². The maximum atomic E-state index is 10.8. The number of carbonyl (C=O) groups is 1. The Bertz CT molecular complexity index is 164. The molecule has 0 bridgehead atoms. The maximum absolute atomic E-state index is 10.8. The van der Waals surface area contributed by atoms with Crippen LogP contribution in [-0.2, 0) is 9.53 Å². The molecule has 0 aliphatic carbocycles. The van der Waals surface area contributed by atoms with E-state index in [9.17, 15) is 4.79 Å². The molecule has 0 atom stereocenters. The second-order valence-corrected chi connectivity index (χ2v) is 3.78. The second-order valence-electron chi connectivity index (χ2n) is 3.78. The molecule has 0 aromatic rings. The molecule has 3 nitrogen and oxygen atoms in total. The van der Waals surface area contributed by atoms with Crippen molar-refractivity contribution in [3.8, 4) is 0 Å². The topological polar surface area (TPSA) is 29.5 Å². The van der Waals surface area contributed by atoms with Crippen molar-refractivity contribution in [2.45, 2.75) is 32.2 Å². The van der Waals surface area contributed by atoms with Gasteiger partial charge in [0.25, 0.3) is 0 Å². The van der Waals surface area contributed by atoms with Gasteiger partial charge in [-0.15, -0.1) is 0 Å². The van der Waals surface area contributed by atoms with Crippen LogP contribution in [0.3, 0.4) is 0 Å². The molecule has 1 aliphatic heterocycles. The van der Waals surface area contributed by atoms with Gasteiger partial charge < -0.3 is 9.64 Å². The first kappa shape index (κ1) is 10.7. The van der Waals surface area contributed by atoms with Crippen LogP contribution in [0.2, 0.25) is 0 Å². The van der Waals surface area contributed by atoms with Gasteiger partial charge >= 0.3 is 0 Å². The maximum Gasteiger partial charge on any atom is 0.131 e. The van der Waals surface area contributed by atoms with E-state index in [1.165, 1.54) is 0 Å². The highest BCUT2D eigenvalue weighted by Gasteiger charge is 2.17. The summed E-state index contributed by atoms with van der Waals surface area (Å²) in [6, 6.07) is 0.619. The van der Waals surface area contributed by atoms with Crippen LogP contribution in [0, 0.1) is 0 Å². The van der Waals surface area contributed by atoms with E-state index in [0.29, 0.717) is 12.5 Å². The normalized spacial score (nSPS) is 19.3. The Morgan fingerprint density at radius 1 is 1.46 bits per heavy atom. The van der Waals surface area contributed by atoms with E-state index in [2.05, 4.69) is 11.9 Å². The highest BCUT2D eigenvalue weighted by molar-refractivity contribution is 5.75. The van der Waals surface area contributed by atoms with Gasteiger partial charge in [-0.3, -0.25) is 4.79 Å². The summed E-state index contributed by atoms with van der Waals surface area (Å²) in [4.78, 5) is 13.1. The van der Waals surface area contributed by atoms with E-state index in [4.69, 9.17) is 4.74 Å². The number of ketones is 1. The summed E-state index contributed by atoms with van der Waals surface area (Å²) in [6.07, 6.45) is 2.89. The predicted octanol–water partition coefficient (Wildman–Crippen LogP) is 1.08. The molecule has 0 spiro atoms. The zero-order valence-corrected chi connectivity index (χ0v) is 8.58. The molecule has 0 aromatic heterocycles. The number of nitrogens with zero attached hydrogens (tertiary/aromatic N) is 1. The van der Waals surface area contributed by atoms with Gasteiger partial charge in [0.15, 0.2) is 0 Å². The van der Waals surface area contributed by atoms with Crippen LogP contribution in [0.25, 0.3) is 0 Å². The van der Waals surface area contributed by atoms with Crippen LogP contribution in [0.4, 0.5) is 0 Å². The van der Waals surface area contributed by atoms with Crippen molar-refractivity contribution in [1.82, 2.24) is 4.90 Å². The average molecular weight is 185 g/mol. The van der Waals surface area contributed by atoms with Crippen molar-refractivity contribution >= 4 is 5.78 Å². The zero-order valence-electron chi connectivity index (χ0n) is 8.58. The molecule has 1 saturated heterocycles. The zero-order chi connectivity index (χ0) is 9.68. The van der Waals surface area contributed by atoms with Gasteiger partial charge in [0.2, 0.25) is 0 Å². The molecule has 1 heterocycles. The fourth-order valence-corrected chi connectivity index (χ4v) is 1.64. The highest BCUT2D eigenvalue weighted by atomic mass is 16.5. The highest BCUT2D eigenvalue weighted by Crippen LogP contribution is 2.12. The lowest BCUT2D eigenvalue weighted by Crippen LogP contribution is -2.37. The molecule has 0 aromatic carbocycles. The quantitative estimate of drug-likeness (QED) is 0.656. The Labute approximate surface area is 80.1 Å². The Morgan fingerprint density at radius 2 is 2.08 bits per heavy atom. The van der Waals surface area contributed by atoms with E-state index in [1.807, 2.05) is 0 Å². The number of ether oxygens (including phenoxy) is 1. The molecule has 3 heteroatoms. The number of hydrogen-bond donors (Lipinski definition) is 0. The summed E-state index contributed by atoms with van der Waals surface area (Å²) < 4.78 is 5.28. The molecule has 1 fully saturated rings. The fraction of sp³-hybridized carbons (Fsp3) is 0.900. The van der Waals surface area contributed by atoms with Crippen LogP contribution < -0.4 is 0 Å². The third-order valence-corrected chi connectivity index (χ3v) is 2.63. The molecular formula is C10H19NO2. The molecule has 0 N–H and O–H groups in total. The summed E-state index contributed by atoms with van der Waals surface area (Å²) in [5, 5.41) is 0. The number of rotatable bonds is 4. The van der Waals surface area contributed by atoms with E-state index in [0.717, 1.165) is 32.6 Å². The molecule has 76 valence electrons. The minimum atomic E-state index is 0.277. The molecule has 1 rings (SSSR count). The molecule has 1 aliphatic rings. The summed E-state index contributed by atoms with van der Waals surface area (Å²) in [5.74, 6) is 0.277. The van der Waals surface area contributed by atoms with Crippen molar-refractivity contribution in [2.24, 2.45) is 0 Å². The van der Waals surface area contributed by atoms with Gasteiger partial charge in [-0.25, -0.2) is 0 Å². The van der Waals surface area contributed by atoms with E-state index < -0.39 is 0 Å². The van der Waals surface area contributed by atoms with Gasteiger partial charge in [0, 0.05) is 32.2 Å². The lowest BCUT2D eigenvalue weighted by molar-refractivity contribution is -0.117. The Kier molecular flexibility index (Phi) is 4.39. The van der Waals surface area contributed by atoms with Gasteiger partial charge in [0.05, 0.1) is 0 Å². The lowest BCUT2D eigenvalue weighted by Gasteiger charge is -2.30. The molecule has 0 saturated carbocycles. The monoisotopic (exact) mass is 185 g/mol. The first-order valence-electron chi connectivity index (χ1n) is 4.97. The lowest BCUT2D eigenvalue weighted by atomic mass is 10.1. The smallest absolute Gasteiger partial charge is 0.131 e. The minimum absolute atomic E-state index is 0.277. The fourth-order valence-electron chi connectivity index (χ4n) is 1.64. The molecule has 13 heavy (non-hydrogen) atoms. The van der Waals surface area contributed by atoms with Gasteiger partial charge in [0.1, 0.15) is 5.78 Å². The average Bonchev–Trinajstić information content (AvgIpc) is 2.15. The first-order chi connectivity index (χ1) is 6.20. The van der Waals surface area contributed by atoms with Crippen molar-refractivity contribution < 1.29 is 9.53 Å². The van der Waals surface area contributed by atoms with Crippen LogP contribution >= 0.6 is 0 Å². The molecule has 0 amide bonds. The van der Waals surface area contributed by atoms with E-state index in [1.54, 1.807) is 6.92 Å². The summed E-state index contributed by atoms with van der Waals surface area (Å²) >= 11 is 0. The van der Waals surface area contributed by atoms with Crippen molar-refractivity contribution in [1.29, 1.82) is 0 Å². The van der Waals surface area contributed by atoms with Crippen LogP contribution in [0.15, 0.2) is 0 Å². The van der Waals surface area contributed by atoms with E-state index in [-0.39, 0.29) is 5.78 Å². The second kappa shape index (κ2) is 5.35. The third kappa shape index (κ3) is 3.87. The Balaban J connectivity index is 2.20. The molecular weight excluding hydrogens is 166 g/mol. The SMILES string of the molecule is CC(=O)CCN(C)C1CCOCC1. The standard InChI is InChI=1S/C10H19NO2/c1-9(12)3-6-11(2)10-4-7-13-8-5-10/h10H,3-8H2,1-2H3. The van der Waals surface area contributed by atoms with Crippen LogP contribution in [0.5, 0.6) is 0 Å². The number of hydrogen-bond acceptors (Lipinski definition) is 3. The summed E-state index contributed by atoms with van der Waals surface area (Å²) in [6.45, 7) is 4.28. The third-order valence-electron chi connectivity index (χ3n) is 2.63. The Morgan fingerprint density at radius 3 is 2.62 bits per heavy atom. The minimum Gasteiger partial charge on any atom is -0.381 e. The van der Waals surface area contributed by atoms with Gasteiger partial charge in [-0.05, 0) is 26.8 Å². The van der Waals surface area contributed by atoms with Gasteiger partial charge in [-0.1, -0.05) is 0 Å². The largest absolute Gasteiger partial charge is 0.381 e. The van der Waals surface area contributed by atoms with Crippen molar-refractivity contribution in [3.63, 3.8) is 0 Å². The van der Waals surface area contributed by atoms with Crippen LogP contribution in [0.1, 0.15) is 26.2 Å². The van der Waals surface area contributed by atoms with Crippen LogP contribution in [-0.4, -0.2) is 43.5 Å².